The number of ketones is 1. The molecule has 2 unspecified atom stereocenters. The molecule has 2 atom stereocenters. The summed E-state index contributed by atoms with van der Waals surface area (Å²) in [4.78, 5) is 29.2. The zero-order valence-electron chi connectivity index (χ0n) is 16.2. The average molecular weight is 362 g/mol. The molecule has 2 rings (SSSR count). The number of rotatable bonds is 8. The van der Waals surface area contributed by atoms with Crippen molar-refractivity contribution in [1.29, 1.82) is 0 Å². The number of hydrogen-bond acceptors (Lipinski definition) is 5. The van der Waals surface area contributed by atoms with Gasteiger partial charge in [0.2, 0.25) is 5.91 Å². The molecular weight excluding hydrogens is 332 g/mol. The van der Waals surface area contributed by atoms with Crippen LogP contribution in [0.1, 0.15) is 37.0 Å². The number of benzene rings is 1. The van der Waals surface area contributed by atoms with E-state index in [0.29, 0.717) is 31.0 Å². The average Bonchev–Trinajstić information content (AvgIpc) is 2.65. The summed E-state index contributed by atoms with van der Waals surface area (Å²) in [5, 5.41) is 0. The van der Waals surface area contributed by atoms with Crippen LogP contribution < -0.4 is 4.74 Å². The summed E-state index contributed by atoms with van der Waals surface area (Å²) in [6.07, 6.45) is 0.464. The van der Waals surface area contributed by atoms with Gasteiger partial charge in [-0.25, -0.2) is 0 Å². The maximum Gasteiger partial charge on any atom is 0.223 e. The molecule has 6 nitrogen and oxygen atoms in total. The first-order valence-corrected chi connectivity index (χ1v) is 9.16. The molecule has 6 heteroatoms. The maximum absolute atomic E-state index is 12.6. The molecule has 0 radical (unpaired) electrons. The molecule has 0 aromatic heterocycles. The Hall–Kier alpha value is -1.92. The van der Waals surface area contributed by atoms with Crippen molar-refractivity contribution < 1.29 is 19.1 Å². The summed E-state index contributed by atoms with van der Waals surface area (Å²) in [5.74, 6) is 0.667. The van der Waals surface area contributed by atoms with Crippen LogP contribution in [0.2, 0.25) is 0 Å². The summed E-state index contributed by atoms with van der Waals surface area (Å²) >= 11 is 0. The van der Waals surface area contributed by atoms with Gasteiger partial charge in [-0.15, -0.1) is 0 Å². The highest BCUT2D eigenvalue weighted by Gasteiger charge is 2.31. The lowest BCUT2D eigenvalue weighted by Gasteiger charge is -2.44. The van der Waals surface area contributed by atoms with Crippen molar-refractivity contribution in [2.75, 3.05) is 40.5 Å². The topological polar surface area (TPSA) is 59.1 Å². The molecule has 1 aliphatic heterocycles. The quantitative estimate of drug-likeness (QED) is 0.664. The molecule has 26 heavy (non-hydrogen) atoms. The van der Waals surface area contributed by atoms with E-state index >= 15 is 0 Å². The van der Waals surface area contributed by atoms with Gasteiger partial charge in [-0.1, -0.05) is 12.1 Å². The van der Waals surface area contributed by atoms with Gasteiger partial charge in [0.05, 0.1) is 13.7 Å². The minimum Gasteiger partial charge on any atom is -0.497 e. The molecule has 1 saturated heterocycles. The fourth-order valence-corrected chi connectivity index (χ4v) is 3.52. The number of hydrogen-bond donors (Lipinski definition) is 0. The number of carbonyl (C=O) groups excluding carboxylic acids is 2. The standard InChI is InChI=1S/C20H30N2O4/c1-15-13-21(14-16(2)22(15)10-11-25-3)20(24)9-8-19(23)17-6-5-7-18(12-17)26-4/h5-7,12,15-16H,8-11,13-14H2,1-4H3. The molecular formula is C20H30N2O4. The van der Waals surface area contributed by atoms with E-state index in [2.05, 4.69) is 18.7 Å². The minimum absolute atomic E-state index is 0.0305. The van der Waals surface area contributed by atoms with Crippen molar-refractivity contribution in [3.8, 4) is 5.75 Å². The highest BCUT2D eigenvalue weighted by molar-refractivity contribution is 5.98. The van der Waals surface area contributed by atoms with Crippen LogP contribution in [0, 0.1) is 0 Å². The van der Waals surface area contributed by atoms with Gasteiger partial charge in [0.15, 0.2) is 5.78 Å². The molecule has 1 aromatic rings. The summed E-state index contributed by atoms with van der Waals surface area (Å²) in [6, 6.07) is 7.63. The fourth-order valence-electron chi connectivity index (χ4n) is 3.52. The summed E-state index contributed by atoms with van der Waals surface area (Å²) in [5.41, 5.74) is 0.586. The second-order valence-electron chi connectivity index (χ2n) is 6.88. The van der Waals surface area contributed by atoms with Crippen LogP contribution in [-0.2, 0) is 9.53 Å². The third-order valence-corrected chi connectivity index (χ3v) is 4.97. The highest BCUT2D eigenvalue weighted by Crippen LogP contribution is 2.18. The van der Waals surface area contributed by atoms with Gasteiger partial charge in [0, 0.05) is 57.2 Å². The SMILES string of the molecule is COCCN1C(C)CN(C(=O)CCC(=O)c2cccc(OC)c2)CC1C. The van der Waals surface area contributed by atoms with E-state index in [4.69, 9.17) is 9.47 Å². The molecule has 0 bridgehead atoms. The summed E-state index contributed by atoms with van der Waals surface area (Å²) in [7, 11) is 3.27. The Morgan fingerprint density at radius 1 is 1.12 bits per heavy atom. The molecule has 0 spiro atoms. The molecule has 144 valence electrons. The van der Waals surface area contributed by atoms with Crippen LogP contribution in [0.3, 0.4) is 0 Å². The Labute approximate surface area is 156 Å². The first kappa shape index (κ1) is 20.4. The lowest BCUT2D eigenvalue weighted by Crippen LogP contribution is -2.58. The molecule has 0 saturated carbocycles. The number of nitrogens with zero attached hydrogens (tertiary/aromatic N) is 2. The maximum atomic E-state index is 12.6. The van der Waals surface area contributed by atoms with Crippen molar-refractivity contribution in [2.24, 2.45) is 0 Å². The van der Waals surface area contributed by atoms with Crippen LogP contribution in [0.25, 0.3) is 0 Å². The van der Waals surface area contributed by atoms with Crippen molar-refractivity contribution >= 4 is 11.7 Å². The zero-order chi connectivity index (χ0) is 19.1. The van der Waals surface area contributed by atoms with Gasteiger partial charge in [-0.2, -0.15) is 0 Å². The van der Waals surface area contributed by atoms with Crippen LogP contribution in [0.4, 0.5) is 0 Å². The Kier molecular flexibility index (Phi) is 7.60. The predicted molar refractivity (Wildman–Crippen MR) is 101 cm³/mol. The number of methoxy groups -OCH3 is 2. The Bertz CT molecular complexity index is 608. The third-order valence-electron chi connectivity index (χ3n) is 4.97. The van der Waals surface area contributed by atoms with Crippen molar-refractivity contribution in [3.05, 3.63) is 29.8 Å². The monoisotopic (exact) mass is 362 g/mol. The van der Waals surface area contributed by atoms with Crippen molar-refractivity contribution in [3.63, 3.8) is 0 Å². The van der Waals surface area contributed by atoms with Gasteiger partial charge in [0.1, 0.15) is 5.75 Å². The van der Waals surface area contributed by atoms with Crippen molar-refractivity contribution in [1.82, 2.24) is 9.80 Å². The van der Waals surface area contributed by atoms with E-state index in [1.54, 1.807) is 38.5 Å². The molecule has 1 amide bonds. The van der Waals surface area contributed by atoms with E-state index in [0.717, 1.165) is 6.54 Å². The van der Waals surface area contributed by atoms with Gasteiger partial charge in [0.25, 0.3) is 0 Å². The number of ether oxygens (including phenoxy) is 2. The van der Waals surface area contributed by atoms with Gasteiger partial charge in [-0.05, 0) is 26.0 Å². The second kappa shape index (κ2) is 9.69. The minimum atomic E-state index is -0.0305. The molecule has 1 aliphatic rings. The highest BCUT2D eigenvalue weighted by atomic mass is 16.5. The van der Waals surface area contributed by atoms with E-state index < -0.39 is 0 Å². The van der Waals surface area contributed by atoms with Crippen LogP contribution >= 0.6 is 0 Å². The first-order chi connectivity index (χ1) is 12.5. The predicted octanol–water partition coefficient (Wildman–Crippen LogP) is 2.23. The third kappa shape index (κ3) is 5.29. The van der Waals surface area contributed by atoms with Crippen LogP contribution in [-0.4, -0.2) is 74.0 Å². The van der Waals surface area contributed by atoms with Crippen molar-refractivity contribution in [2.45, 2.75) is 38.8 Å². The summed E-state index contributed by atoms with van der Waals surface area (Å²) < 4.78 is 10.3. The smallest absolute Gasteiger partial charge is 0.223 e. The van der Waals surface area contributed by atoms with E-state index in [-0.39, 0.29) is 36.6 Å². The van der Waals surface area contributed by atoms with Crippen LogP contribution in [0.15, 0.2) is 24.3 Å². The molecule has 1 aromatic carbocycles. The Morgan fingerprint density at radius 3 is 2.42 bits per heavy atom. The van der Waals surface area contributed by atoms with E-state index in [1.807, 2.05) is 4.90 Å². The lowest BCUT2D eigenvalue weighted by molar-refractivity contribution is -0.135. The molecule has 1 fully saturated rings. The van der Waals surface area contributed by atoms with Gasteiger partial charge in [-0.3, -0.25) is 14.5 Å². The molecule has 0 aliphatic carbocycles. The van der Waals surface area contributed by atoms with Gasteiger partial charge >= 0.3 is 0 Å². The van der Waals surface area contributed by atoms with E-state index in [1.165, 1.54) is 0 Å². The number of carbonyl (C=O) groups is 2. The Balaban J connectivity index is 1.87. The Morgan fingerprint density at radius 2 is 1.81 bits per heavy atom. The van der Waals surface area contributed by atoms with Gasteiger partial charge < -0.3 is 14.4 Å². The second-order valence-corrected chi connectivity index (χ2v) is 6.88. The number of piperazine rings is 1. The number of amides is 1. The lowest BCUT2D eigenvalue weighted by atomic mass is 10.0. The normalized spacial score (nSPS) is 20.8. The molecule has 1 heterocycles. The van der Waals surface area contributed by atoms with Crippen LogP contribution in [0.5, 0.6) is 5.75 Å². The number of Topliss-reactive ketones (excluding diaryl/α,β-unsaturated/α-hetero) is 1. The largest absolute Gasteiger partial charge is 0.497 e. The summed E-state index contributed by atoms with van der Waals surface area (Å²) in [6.45, 7) is 7.22. The first-order valence-electron chi connectivity index (χ1n) is 9.16. The molecule has 0 N–H and O–H groups in total. The zero-order valence-corrected chi connectivity index (χ0v) is 16.2. The van der Waals surface area contributed by atoms with E-state index in [9.17, 15) is 9.59 Å². The fraction of sp³-hybridized carbons (Fsp3) is 0.600.